The van der Waals surface area contributed by atoms with Crippen molar-refractivity contribution in [2.24, 2.45) is 0 Å². The van der Waals surface area contributed by atoms with E-state index in [1.807, 2.05) is 61.5 Å². The van der Waals surface area contributed by atoms with Crippen LogP contribution in [0.1, 0.15) is 12.5 Å². The SMILES string of the molecule is CCOCCn1c(=O)c(CNC2CN(Sc3ccccc3[N+](=O)[O-])C2)cc2ccc(Oc3ccccc3)cc21. The Labute approximate surface area is 230 Å². The van der Waals surface area contributed by atoms with E-state index in [2.05, 4.69) is 9.62 Å². The number of nitrogens with zero attached hydrogens (tertiary/aromatic N) is 3. The third-order valence-corrected chi connectivity index (χ3v) is 7.60. The lowest BCUT2D eigenvalue weighted by atomic mass is 10.1. The molecule has 0 atom stereocenters. The van der Waals surface area contributed by atoms with E-state index in [4.69, 9.17) is 9.47 Å². The summed E-state index contributed by atoms with van der Waals surface area (Å²) in [6, 6.07) is 24.2. The van der Waals surface area contributed by atoms with Crippen molar-refractivity contribution >= 4 is 28.5 Å². The number of nitrogens with one attached hydrogen (secondary N) is 1. The average Bonchev–Trinajstić information content (AvgIpc) is 2.92. The first-order chi connectivity index (χ1) is 19.0. The minimum absolute atomic E-state index is 0.0583. The van der Waals surface area contributed by atoms with Crippen LogP contribution in [-0.4, -0.2) is 46.1 Å². The van der Waals surface area contributed by atoms with Crippen molar-refractivity contribution < 1.29 is 14.4 Å². The normalized spacial score (nSPS) is 13.9. The predicted octanol–water partition coefficient (Wildman–Crippen LogP) is 5.22. The zero-order valence-corrected chi connectivity index (χ0v) is 22.4. The van der Waals surface area contributed by atoms with Gasteiger partial charge in [0.05, 0.1) is 17.0 Å². The maximum atomic E-state index is 13.5. The molecule has 0 amide bonds. The van der Waals surface area contributed by atoms with Crippen molar-refractivity contribution in [2.45, 2.75) is 31.0 Å². The number of nitro benzene ring substituents is 1. The number of nitro groups is 1. The third kappa shape index (κ3) is 6.48. The van der Waals surface area contributed by atoms with E-state index in [0.717, 1.165) is 29.7 Å². The second-order valence-corrected chi connectivity index (χ2v) is 10.3. The van der Waals surface area contributed by atoms with Crippen LogP contribution in [0, 0.1) is 10.1 Å². The Balaban J connectivity index is 1.28. The van der Waals surface area contributed by atoms with Gasteiger partial charge < -0.3 is 19.4 Å². The van der Waals surface area contributed by atoms with Crippen molar-refractivity contribution in [3.05, 3.63) is 105 Å². The van der Waals surface area contributed by atoms with Crippen molar-refractivity contribution in [1.82, 2.24) is 14.2 Å². The number of rotatable bonds is 12. The predicted molar refractivity (Wildman–Crippen MR) is 152 cm³/mol. The van der Waals surface area contributed by atoms with Gasteiger partial charge in [-0.25, -0.2) is 4.31 Å². The molecule has 39 heavy (non-hydrogen) atoms. The molecule has 0 bridgehead atoms. The molecular formula is C29H30N4O5S. The van der Waals surface area contributed by atoms with Gasteiger partial charge in [0.15, 0.2) is 0 Å². The molecule has 0 unspecified atom stereocenters. The monoisotopic (exact) mass is 546 g/mol. The van der Waals surface area contributed by atoms with Gasteiger partial charge in [-0.05, 0) is 60.7 Å². The fraction of sp³-hybridized carbons (Fsp3) is 0.276. The van der Waals surface area contributed by atoms with Gasteiger partial charge in [-0.3, -0.25) is 14.9 Å². The minimum Gasteiger partial charge on any atom is -0.457 e. The Hall–Kier alpha value is -3.70. The lowest BCUT2D eigenvalue weighted by Crippen LogP contribution is -2.54. The highest BCUT2D eigenvalue weighted by Gasteiger charge is 2.29. The third-order valence-electron chi connectivity index (χ3n) is 6.50. The van der Waals surface area contributed by atoms with Crippen LogP contribution in [-0.2, 0) is 17.8 Å². The highest BCUT2D eigenvalue weighted by Crippen LogP contribution is 2.34. The van der Waals surface area contributed by atoms with Crippen molar-refractivity contribution in [1.29, 1.82) is 0 Å². The summed E-state index contributed by atoms with van der Waals surface area (Å²) >= 11 is 1.39. The Bertz CT molecular complexity index is 1510. The van der Waals surface area contributed by atoms with Crippen LogP contribution < -0.4 is 15.6 Å². The molecule has 2 heterocycles. The topological polar surface area (TPSA) is 98.9 Å². The molecule has 1 saturated heterocycles. The summed E-state index contributed by atoms with van der Waals surface area (Å²) in [4.78, 5) is 25.1. The standard InChI is InChI=1S/C29H30N4O5S/c1-2-37-15-14-32-27-17-25(38-24-8-4-3-5-9-24)13-12-21(27)16-22(29(32)34)18-30-23-19-31(20-23)39-28-11-7-6-10-26(28)33(35)36/h3-13,16-17,23,30H,2,14-15,18-20H2,1H3. The summed E-state index contributed by atoms with van der Waals surface area (Å²) in [5.74, 6) is 1.39. The Morgan fingerprint density at radius 1 is 1.03 bits per heavy atom. The fourth-order valence-electron chi connectivity index (χ4n) is 4.47. The van der Waals surface area contributed by atoms with Crippen LogP contribution in [0.5, 0.6) is 11.5 Å². The molecule has 0 aliphatic carbocycles. The molecule has 10 heteroatoms. The molecule has 1 aliphatic rings. The van der Waals surface area contributed by atoms with Crippen molar-refractivity contribution in [3.63, 3.8) is 0 Å². The molecular weight excluding hydrogens is 516 g/mol. The summed E-state index contributed by atoms with van der Waals surface area (Å²) in [6.07, 6.45) is 0. The van der Waals surface area contributed by atoms with E-state index in [1.54, 1.807) is 22.8 Å². The van der Waals surface area contributed by atoms with E-state index < -0.39 is 0 Å². The molecule has 1 N–H and O–H groups in total. The number of hydrogen-bond acceptors (Lipinski definition) is 8. The Kier molecular flexibility index (Phi) is 8.58. The summed E-state index contributed by atoms with van der Waals surface area (Å²) in [6.45, 7) is 5.27. The molecule has 1 aromatic heterocycles. The molecule has 5 rings (SSSR count). The Morgan fingerprint density at radius 3 is 2.56 bits per heavy atom. The second-order valence-electron chi connectivity index (χ2n) is 9.20. The molecule has 1 fully saturated rings. The highest BCUT2D eigenvalue weighted by molar-refractivity contribution is 7.97. The number of pyridine rings is 1. The number of benzene rings is 3. The first-order valence-electron chi connectivity index (χ1n) is 12.9. The van der Waals surface area contributed by atoms with Gasteiger partial charge in [0.1, 0.15) is 16.4 Å². The molecule has 0 spiro atoms. The van der Waals surface area contributed by atoms with Crippen LogP contribution in [0.25, 0.3) is 10.9 Å². The van der Waals surface area contributed by atoms with E-state index in [9.17, 15) is 14.9 Å². The second kappa shape index (κ2) is 12.4. The lowest BCUT2D eigenvalue weighted by Gasteiger charge is -2.38. The van der Waals surface area contributed by atoms with Crippen LogP contribution in [0.3, 0.4) is 0 Å². The van der Waals surface area contributed by atoms with Crippen LogP contribution in [0.4, 0.5) is 5.69 Å². The zero-order chi connectivity index (χ0) is 27.2. The quantitative estimate of drug-likeness (QED) is 0.112. The van der Waals surface area contributed by atoms with Gasteiger partial charge in [0, 0.05) is 56.5 Å². The van der Waals surface area contributed by atoms with Gasteiger partial charge >= 0.3 is 0 Å². The molecule has 1 aliphatic heterocycles. The van der Waals surface area contributed by atoms with E-state index in [1.165, 1.54) is 18.0 Å². The fourth-order valence-corrected chi connectivity index (χ4v) is 5.63. The van der Waals surface area contributed by atoms with E-state index >= 15 is 0 Å². The number of aromatic nitrogens is 1. The molecule has 0 radical (unpaired) electrons. The first-order valence-corrected chi connectivity index (χ1v) is 13.7. The van der Waals surface area contributed by atoms with Gasteiger partial charge in [0.2, 0.25) is 0 Å². The van der Waals surface area contributed by atoms with Crippen LogP contribution in [0.15, 0.2) is 88.6 Å². The lowest BCUT2D eigenvalue weighted by molar-refractivity contribution is -0.387. The molecule has 4 aromatic rings. The molecule has 202 valence electrons. The molecule has 0 saturated carbocycles. The zero-order valence-electron chi connectivity index (χ0n) is 21.6. The maximum absolute atomic E-state index is 13.5. The summed E-state index contributed by atoms with van der Waals surface area (Å²) < 4.78 is 15.4. The van der Waals surface area contributed by atoms with Gasteiger partial charge in [-0.15, -0.1) is 0 Å². The number of ether oxygens (including phenoxy) is 2. The minimum atomic E-state index is -0.356. The van der Waals surface area contributed by atoms with Crippen LogP contribution >= 0.6 is 11.9 Å². The van der Waals surface area contributed by atoms with Crippen molar-refractivity contribution in [2.75, 3.05) is 26.3 Å². The molecule has 3 aromatic carbocycles. The van der Waals surface area contributed by atoms with Gasteiger partial charge in [-0.2, -0.15) is 0 Å². The number of fused-ring (bicyclic) bond motifs is 1. The van der Waals surface area contributed by atoms with E-state index in [0.29, 0.717) is 42.5 Å². The first kappa shape index (κ1) is 26.9. The van der Waals surface area contributed by atoms with Gasteiger partial charge in [-0.1, -0.05) is 30.3 Å². The largest absolute Gasteiger partial charge is 0.457 e. The number of hydrogen-bond donors (Lipinski definition) is 1. The highest BCUT2D eigenvalue weighted by atomic mass is 32.2. The molecule has 9 nitrogen and oxygen atoms in total. The summed E-state index contributed by atoms with van der Waals surface area (Å²) in [5, 5.41) is 15.7. The maximum Gasteiger partial charge on any atom is 0.284 e. The van der Waals surface area contributed by atoms with Gasteiger partial charge in [0.25, 0.3) is 11.2 Å². The average molecular weight is 547 g/mol. The van der Waals surface area contributed by atoms with Crippen molar-refractivity contribution in [3.8, 4) is 11.5 Å². The van der Waals surface area contributed by atoms with E-state index in [-0.39, 0.29) is 22.2 Å². The number of para-hydroxylation sites is 2. The smallest absolute Gasteiger partial charge is 0.284 e. The summed E-state index contributed by atoms with van der Waals surface area (Å²) in [5.41, 5.74) is 1.53. The van der Waals surface area contributed by atoms with Crippen LogP contribution in [0.2, 0.25) is 0 Å². The summed E-state index contributed by atoms with van der Waals surface area (Å²) in [7, 11) is 0. The Morgan fingerprint density at radius 2 is 1.79 bits per heavy atom.